The third-order valence-electron chi connectivity index (χ3n) is 4.15. The fraction of sp³-hybridized carbons (Fsp3) is 0.571. The highest BCUT2D eigenvalue weighted by molar-refractivity contribution is 5.65. The van der Waals surface area contributed by atoms with Crippen molar-refractivity contribution in [2.45, 2.75) is 32.5 Å². The van der Waals surface area contributed by atoms with Gasteiger partial charge in [0.2, 0.25) is 0 Å². The zero-order chi connectivity index (χ0) is 16.7. The predicted molar refractivity (Wildman–Crippen MR) is 76.7 cm³/mol. The molecule has 1 atom stereocenters. The lowest BCUT2D eigenvalue weighted by molar-refractivity contribution is -0.384. The van der Waals surface area contributed by atoms with Crippen LogP contribution in [0.25, 0.3) is 0 Å². The van der Waals surface area contributed by atoms with Crippen LogP contribution in [0.2, 0.25) is 0 Å². The monoisotopic (exact) mass is 317 g/mol. The first kappa shape index (κ1) is 16.5. The highest BCUT2D eigenvalue weighted by Crippen LogP contribution is 2.39. The molecule has 1 fully saturated rings. The number of nitrogens with two attached hydrogens (primary N) is 1. The molecule has 0 amide bonds. The number of hydrogen-bond acceptors (Lipinski definition) is 4. The van der Waals surface area contributed by atoms with Crippen LogP contribution in [0.4, 0.5) is 24.5 Å². The van der Waals surface area contributed by atoms with E-state index in [0.717, 1.165) is 6.07 Å². The van der Waals surface area contributed by atoms with Crippen molar-refractivity contribution >= 4 is 11.4 Å². The van der Waals surface area contributed by atoms with Gasteiger partial charge in [-0.2, -0.15) is 13.2 Å². The largest absolute Gasteiger partial charge is 0.416 e. The van der Waals surface area contributed by atoms with Gasteiger partial charge in [0.25, 0.3) is 5.69 Å². The number of alkyl halides is 3. The van der Waals surface area contributed by atoms with Gasteiger partial charge in [-0.05, 0) is 24.0 Å². The molecule has 8 heteroatoms. The van der Waals surface area contributed by atoms with E-state index in [-0.39, 0.29) is 17.1 Å². The molecule has 1 aromatic carbocycles. The predicted octanol–water partition coefficient (Wildman–Crippen LogP) is 3.18. The quantitative estimate of drug-likeness (QED) is 0.671. The van der Waals surface area contributed by atoms with Gasteiger partial charge in [-0.3, -0.25) is 10.1 Å². The van der Waals surface area contributed by atoms with Crippen LogP contribution in [0.3, 0.4) is 0 Å². The summed E-state index contributed by atoms with van der Waals surface area (Å²) < 4.78 is 38.2. The summed E-state index contributed by atoms with van der Waals surface area (Å²) in [6.07, 6.45) is -3.97. The Morgan fingerprint density at radius 1 is 1.41 bits per heavy atom. The molecule has 0 aliphatic carbocycles. The minimum Gasteiger partial charge on any atom is -0.365 e. The molecule has 1 saturated heterocycles. The highest BCUT2D eigenvalue weighted by atomic mass is 19.4. The van der Waals surface area contributed by atoms with Crippen molar-refractivity contribution in [3.05, 3.63) is 33.9 Å². The SMILES string of the molecule is CC1(C)CN(c2ccc(C(F)(F)F)cc2[N+](=O)[O-])CCC1N. The Hall–Kier alpha value is -1.83. The molecule has 122 valence electrons. The summed E-state index contributed by atoms with van der Waals surface area (Å²) in [5.74, 6) is 0. The molecule has 1 aromatic rings. The van der Waals surface area contributed by atoms with Gasteiger partial charge in [0.05, 0.1) is 10.5 Å². The molecule has 5 nitrogen and oxygen atoms in total. The smallest absolute Gasteiger partial charge is 0.365 e. The van der Waals surface area contributed by atoms with E-state index in [0.29, 0.717) is 25.6 Å². The van der Waals surface area contributed by atoms with Crippen LogP contribution in [-0.4, -0.2) is 24.1 Å². The zero-order valence-corrected chi connectivity index (χ0v) is 12.4. The van der Waals surface area contributed by atoms with Crippen molar-refractivity contribution < 1.29 is 18.1 Å². The summed E-state index contributed by atoms with van der Waals surface area (Å²) in [5.41, 5.74) is 4.42. The summed E-state index contributed by atoms with van der Waals surface area (Å²) in [4.78, 5) is 12.1. The molecule has 2 N–H and O–H groups in total. The van der Waals surface area contributed by atoms with E-state index < -0.39 is 22.4 Å². The van der Waals surface area contributed by atoms with Gasteiger partial charge in [0, 0.05) is 25.2 Å². The molecule has 0 spiro atoms. The number of nitro groups is 1. The molecule has 1 aliphatic rings. The lowest BCUT2D eigenvalue weighted by Crippen LogP contribution is -2.52. The van der Waals surface area contributed by atoms with Gasteiger partial charge in [0.15, 0.2) is 0 Å². The first-order valence-electron chi connectivity index (χ1n) is 6.88. The maximum atomic E-state index is 12.7. The number of hydrogen-bond donors (Lipinski definition) is 1. The average Bonchev–Trinajstić information content (AvgIpc) is 2.40. The Bertz CT molecular complexity index is 587. The second-order valence-electron chi connectivity index (χ2n) is 6.26. The topological polar surface area (TPSA) is 72.4 Å². The van der Waals surface area contributed by atoms with Crippen LogP contribution >= 0.6 is 0 Å². The van der Waals surface area contributed by atoms with Crippen LogP contribution < -0.4 is 10.6 Å². The van der Waals surface area contributed by atoms with Gasteiger partial charge < -0.3 is 10.6 Å². The fourth-order valence-corrected chi connectivity index (χ4v) is 2.69. The van der Waals surface area contributed by atoms with Crippen molar-refractivity contribution in [2.24, 2.45) is 11.1 Å². The number of halogens is 3. The minimum absolute atomic E-state index is 0.0442. The van der Waals surface area contributed by atoms with Crippen molar-refractivity contribution in [1.82, 2.24) is 0 Å². The first-order valence-corrected chi connectivity index (χ1v) is 6.88. The Morgan fingerprint density at radius 2 is 2.05 bits per heavy atom. The van der Waals surface area contributed by atoms with E-state index in [1.807, 2.05) is 13.8 Å². The Balaban J connectivity index is 2.41. The van der Waals surface area contributed by atoms with Crippen LogP contribution in [0.1, 0.15) is 25.8 Å². The molecule has 0 bridgehead atoms. The second-order valence-corrected chi connectivity index (χ2v) is 6.26. The summed E-state index contributed by atoms with van der Waals surface area (Å²) >= 11 is 0. The van der Waals surface area contributed by atoms with Crippen LogP contribution in [0.15, 0.2) is 18.2 Å². The summed E-state index contributed by atoms with van der Waals surface area (Å²) in [7, 11) is 0. The molecule has 1 heterocycles. The molecule has 1 unspecified atom stereocenters. The van der Waals surface area contributed by atoms with Gasteiger partial charge in [-0.15, -0.1) is 0 Å². The highest BCUT2D eigenvalue weighted by Gasteiger charge is 2.37. The summed E-state index contributed by atoms with van der Waals surface area (Å²) in [6.45, 7) is 4.83. The molecule has 0 radical (unpaired) electrons. The van der Waals surface area contributed by atoms with Crippen LogP contribution in [0.5, 0.6) is 0 Å². The van der Waals surface area contributed by atoms with Crippen LogP contribution in [0, 0.1) is 15.5 Å². The number of piperidine rings is 1. The number of nitro benzene ring substituents is 1. The Morgan fingerprint density at radius 3 is 2.55 bits per heavy atom. The van der Waals surface area contributed by atoms with Crippen molar-refractivity contribution in [1.29, 1.82) is 0 Å². The van der Waals surface area contributed by atoms with Gasteiger partial charge >= 0.3 is 6.18 Å². The third-order valence-corrected chi connectivity index (χ3v) is 4.15. The standard InChI is InChI=1S/C14H18F3N3O2/c1-13(2)8-19(6-5-12(13)18)10-4-3-9(14(15,16)17)7-11(10)20(21)22/h3-4,7,12H,5-6,8,18H2,1-2H3. The van der Waals surface area contributed by atoms with E-state index in [4.69, 9.17) is 5.73 Å². The molecule has 2 rings (SSSR count). The second kappa shape index (κ2) is 5.42. The third kappa shape index (κ3) is 3.16. The first-order chi connectivity index (χ1) is 10.0. The lowest BCUT2D eigenvalue weighted by Gasteiger charge is -2.43. The lowest BCUT2D eigenvalue weighted by atomic mass is 9.79. The van der Waals surface area contributed by atoms with Crippen LogP contribution in [-0.2, 0) is 6.18 Å². The maximum Gasteiger partial charge on any atom is 0.416 e. The number of benzene rings is 1. The zero-order valence-electron chi connectivity index (χ0n) is 12.4. The van der Waals surface area contributed by atoms with E-state index in [9.17, 15) is 23.3 Å². The van der Waals surface area contributed by atoms with E-state index in [1.165, 1.54) is 6.07 Å². The van der Waals surface area contributed by atoms with Gasteiger partial charge in [-0.25, -0.2) is 0 Å². The van der Waals surface area contributed by atoms with Crippen molar-refractivity contribution in [3.8, 4) is 0 Å². The molecular formula is C14H18F3N3O2. The number of anilines is 1. The van der Waals surface area contributed by atoms with E-state index >= 15 is 0 Å². The van der Waals surface area contributed by atoms with Gasteiger partial charge in [0.1, 0.15) is 5.69 Å². The molecule has 0 aromatic heterocycles. The number of rotatable bonds is 2. The van der Waals surface area contributed by atoms with Crippen molar-refractivity contribution in [2.75, 3.05) is 18.0 Å². The van der Waals surface area contributed by atoms with E-state index in [2.05, 4.69) is 0 Å². The van der Waals surface area contributed by atoms with E-state index in [1.54, 1.807) is 4.90 Å². The summed E-state index contributed by atoms with van der Waals surface area (Å²) in [5, 5.41) is 11.2. The molecule has 1 aliphatic heterocycles. The van der Waals surface area contributed by atoms with Crippen molar-refractivity contribution in [3.63, 3.8) is 0 Å². The Kier molecular flexibility index (Phi) is 4.08. The molecule has 22 heavy (non-hydrogen) atoms. The summed E-state index contributed by atoms with van der Waals surface area (Å²) in [6, 6.07) is 2.60. The minimum atomic E-state index is -4.60. The average molecular weight is 317 g/mol. The normalized spacial score (nSPS) is 21.7. The van der Waals surface area contributed by atoms with Gasteiger partial charge in [-0.1, -0.05) is 13.8 Å². The maximum absolute atomic E-state index is 12.7. The molecule has 0 saturated carbocycles. The Labute approximate surface area is 126 Å². The molecular weight excluding hydrogens is 299 g/mol. The number of nitrogens with zero attached hydrogens (tertiary/aromatic N) is 2. The fourth-order valence-electron chi connectivity index (χ4n) is 2.69.